The van der Waals surface area contributed by atoms with Crippen molar-refractivity contribution in [1.29, 1.82) is 0 Å². The Morgan fingerprint density at radius 2 is 1.79 bits per heavy atom. The lowest BCUT2D eigenvalue weighted by Crippen LogP contribution is -2.38. The zero-order valence-corrected chi connectivity index (χ0v) is 19.3. The number of hydrogen-bond donors (Lipinski definition) is 2. The maximum Gasteiger partial charge on any atom is 0.337 e. The molecule has 1 saturated heterocycles. The van der Waals surface area contributed by atoms with Gasteiger partial charge in [-0.25, -0.2) is 14.4 Å². The lowest BCUT2D eigenvalue weighted by molar-refractivity contribution is -0.150. The van der Waals surface area contributed by atoms with E-state index in [1.165, 1.54) is 19.1 Å². The van der Waals surface area contributed by atoms with E-state index in [4.69, 9.17) is 19.3 Å². The van der Waals surface area contributed by atoms with Crippen molar-refractivity contribution >= 4 is 23.7 Å². The number of aliphatic hydroxyl groups is 2. The van der Waals surface area contributed by atoms with Crippen LogP contribution < -0.4 is 0 Å². The smallest absolute Gasteiger partial charge is 0.337 e. The van der Waals surface area contributed by atoms with Gasteiger partial charge in [-0.3, -0.25) is 4.79 Å². The first-order valence-electron chi connectivity index (χ1n) is 11.2. The normalized spacial score (nSPS) is 31.5. The first-order chi connectivity index (χ1) is 16.1. The number of aliphatic hydroxyl groups excluding tert-OH is 2. The minimum Gasteiger partial charge on any atom is -0.458 e. The minimum atomic E-state index is -0.828. The second kappa shape index (κ2) is 10.5. The first kappa shape index (κ1) is 25.6. The number of ether oxygens (including phenoxy) is 3. The van der Waals surface area contributed by atoms with Crippen LogP contribution in [0.2, 0.25) is 0 Å². The highest BCUT2D eigenvalue weighted by Gasteiger charge is 2.57. The van der Waals surface area contributed by atoms with E-state index in [2.05, 4.69) is 13.2 Å². The van der Waals surface area contributed by atoms with Crippen LogP contribution in [0.5, 0.6) is 0 Å². The summed E-state index contributed by atoms with van der Waals surface area (Å²) < 4.78 is 16.5. The van der Waals surface area contributed by atoms with Crippen molar-refractivity contribution in [2.75, 3.05) is 19.8 Å². The molecule has 184 valence electrons. The van der Waals surface area contributed by atoms with Gasteiger partial charge in [0.2, 0.25) is 0 Å². The fourth-order valence-corrected chi connectivity index (χ4v) is 5.05. The highest BCUT2D eigenvalue weighted by atomic mass is 16.6. The predicted octanol–water partition coefficient (Wildman–Crippen LogP) is 1.20. The second-order valence-corrected chi connectivity index (χ2v) is 8.93. The molecule has 0 bridgehead atoms. The molecular formula is C25H30O9. The molecule has 3 fully saturated rings. The highest BCUT2D eigenvalue weighted by molar-refractivity contribution is 5.93. The molecule has 9 nitrogen and oxygen atoms in total. The van der Waals surface area contributed by atoms with Gasteiger partial charge < -0.3 is 24.4 Å². The van der Waals surface area contributed by atoms with E-state index in [0.717, 1.165) is 5.57 Å². The molecule has 0 aromatic carbocycles. The van der Waals surface area contributed by atoms with Crippen molar-refractivity contribution in [3.63, 3.8) is 0 Å². The van der Waals surface area contributed by atoms with Gasteiger partial charge in [0.15, 0.2) is 0 Å². The molecule has 0 aromatic rings. The summed E-state index contributed by atoms with van der Waals surface area (Å²) in [5, 5.41) is 18.2. The lowest BCUT2D eigenvalue weighted by Gasteiger charge is -2.29. The molecule has 2 saturated carbocycles. The molecule has 34 heavy (non-hydrogen) atoms. The molecule has 9 heteroatoms. The Labute approximate surface area is 197 Å². The van der Waals surface area contributed by atoms with Gasteiger partial charge in [0.1, 0.15) is 24.6 Å². The molecule has 2 N–H and O–H groups in total. The lowest BCUT2D eigenvalue weighted by atomic mass is 9.79. The summed E-state index contributed by atoms with van der Waals surface area (Å²) in [5.74, 6) is -3.50. The van der Waals surface area contributed by atoms with Gasteiger partial charge in [0, 0.05) is 35.8 Å². The van der Waals surface area contributed by atoms with Crippen LogP contribution in [-0.4, -0.2) is 65.9 Å². The second-order valence-electron chi connectivity index (χ2n) is 8.93. The largest absolute Gasteiger partial charge is 0.458 e. The van der Waals surface area contributed by atoms with E-state index in [0.29, 0.717) is 6.42 Å². The molecule has 0 spiro atoms. The number of ketones is 1. The molecule has 2 aliphatic carbocycles. The van der Waals surface area contributed by atoms with Crippen LogP contribution >= 0.6 is 0 Å². The van der Waals surface area contributed by atoms with Crippen LogP contribution in [0.3, 0.4) is 0 Å². The Balaban J connectivity index is 1.81. The van der Waals surface area contributed by atoms with Crippen molar-refractivity contribution in [1.82, 2.24) is 0 Å². The third-order valence-corrected chi connectivity index (χ3v) is 6.94. The van der Waals surface area contributed by atoms with E-state index >= 15 is 0 Å². The van der Waals surface area contributed by atoms with Gasteiger partial charge >= 0.3 is 17.9 Å². The van der Waals surface area contributed by atoms with Crippen molar-refractivity contribution in [3.8, 4) is 0 Å². The Hall–Kier alpha value is -3.04. The van der Waals surface area contributed by atoms with Crippen LogP contribution in [0.25, 0.3) is 0 Å². The molecule has 0 amide bonds. The van der Waals surface area contributed by atoms with Crippen molar-refractivity contribution in [3.05, 3.63) is 47.6 Å². The number of rotatable bonds is 7. The maximum absolute atomic E-state index is 13.0. The summed E-state index contributed by atoms with van der Waals surface area (Å²) in [6.45, 7) is 9.95. The predicted molar refractivity (Wildman–Crippen MR) is 119 cm³/mol. The van der Waals surface area contributed by atoms with Gasteiger partial charge in [0.25, 0.3) is 0 Å². The van der Waals surface area contributed by atoms with Crippen molar-refractivity contribution in [2.45, 2.75) is 38.9 Å². The summed E-state index contributed by atoms with van der Waals surface area (Å²) in [5.41, 5.74) is 0.989. The van der Waals surface area contributed by atoms with Crippen molar-refractivity contribution in [2.24, 2.45) is 23.7 Å². The quantitative estimate of drug-likeness (QED) is 0.241. The molecular weight excluding hydrogens is 444 g/mol. The van der Waals surface area contributed by atoms with Crippen molar-refractivity contribution < 1.29 is 43.6 Å². The molecule has 3 rings (SSSR count). The number of carbonyl (C=O) groups is 4. The van der Waals surface area contributed by atoms with Gasteiger partial charge in [-0.2, -0.15) is 0 Å². The topological polar surface area (TPSA) is 136 Å². The van der Waals surface area contributed by atoms with E-state index in [-0.39, 0.29) is 53.3 Å². The maximum atomic E-state index is 13.0. The van der Waals surface area contributed by atoms with Gasteiger partial charge in [-0.1, -0.05) is 25.7 Å². The molecule has 0 aromatic heterocycles. The Kier molecular flexibility index (Phi) is 7.89. The summed E-state index contributed by atoms with van der Waals surface area (Å²) >= 11 is 0. The summed E-state index contributed by atoms with van der Waals surface area (Å²) in [7, 11) is 0. The van der Waals surface area contributed by atoms with Crippen LogP contribution in [0.1, 0.15) is 26.7 Å². The summed E-state index contributed by atoms with van der Waals surface area (Å²) in [6, 6.07) is 0. The third-order valence-electron chi connectivity index (χ3n) is 6.94. The fourth-order valence-electron chi connectivity index (χ4n) is 5.05. The van der Waals surface area contributed by atoms with Crippen LogP contribution in [0, 0.1) is 23.7 Å². The Morgan fingerprint density at radius 1 is 1.12 bits per heavy atom. The minimum absolute atomic E-state index is 0.0828. The average Bonchev–Trinajstić information content (AvgIpc) is 3.21. The first-order valence-corrected chi connectivity index (χ1v) is 11.2. The summed E-state index contributed by atoms with van der Waals surface area (Å²) in [4.78, 5) is 49.8. The number of hydrogen-bond acceptors (Lipinski definition) is 9. The highest BCUT2D eigenvalue weighted by Crippen LogP contribution is 2.52. The Morgan fingerprint density at radius 3 is 2.44 bits per heavy atom. The molecule has 1 heterocycles. The molecule has 1 aliphatic heterocycles. The number of Topliss-reactive ketones (excluding diaryl/α,β-unsaturated/α-hetero) is 1. The van der Waals surface area contributed by atoms with E-state index < -0.39 is 49.2 Å². The van der Waals surface area contributed by atoms with Gasteiger partial charge in [-0.05, 0) is 25.0 Å². The molecule has 6 atom stereocenters. The monoisotopic (exact) mass is 474 g/mol. The number of carbonyl (C=O) groups excluding carboxylic acids is 4. The van der Waals surface area contributed by atoms with E-state index in [1.54, 1.807) is 0 Å². The molecule has 3 aliphatic rings. The SMILES string of the molecule is C=C1CC(OC(=O)C(=CCO)COC(=O)C(C)=CCO)C2C(=C)C(=O)OC2C2C(C)C(=O)CC12. The zero-order chi connectivity index (χ0) is 25.2. The van der Waals surface area contributed by atoms with Crippen LogP contribution in [0.4, 0.5) is 0 Å². The van der Waals surface area contributed by atoms with Gasteiger partial charge in [0.05, 0.1) is 24.7 Å². The average molecular weight is 475 g/mol. The van der Waals surface area contributed by atoms with Crippen LogP contribution in [0.15, 0.2) is 47.6 Å². The molecule has 6 unspecified atom stereocenters. The fraction of sp³-hybridized carbons (Fsp3) is 0.520. The number of esters is 3. The van der Waals surface area contributed by atoms with Crippen LogP contribution in [-0.2, 0) is 33.4 Å². The summed E-state index contributed by atoms with van der Waals surface area (Å²) in [6.07, 6.45) is 1.45. The number of fused-ring (bicyclic) bond motifs is 3. The van der Waals surface area contributed by atoms with E-state index in [1.807, 2.05) is 6.92 Å². The zero-order valence-electron chi connectivity index (χ0n) is 19.3. The third kappa shape index (κ3) is 4.90. The molecule has 0 radical (unpaired) electrons. The van der Waals surface area contributed by atoms with E-state index in [9.17, 15) is 24.3 Å². The van der Waals surface area contributed by atoms with Gasteiger partial charge in [-0.15, -0.1) is 0 Å². The Bertz CT molecular complexity index is 973. The standard InChI is InChI=1S/C25H30O9/c1-12(5-7-26)23(29)32-11-16(6-8-27)25(31)33-19-9-13(2)17-10-18(28)14(3)20(17)22-21(19)15(4)24(30)34-22/h5-6,14,17,19-22,26-27H,2,4,7-11H2,1,3H3.